The van der Waals surface area contributed by atoms with Crippen LogP contribution in [0.2, 0.25) is 0 Å². The number of hydrazine groups is 1. The fourth-order valence-corrected chi connectivity index (χ4v) is 0.851. The summed E-state index contributed by atoms with van der Waals surface area (Å²) < 4.78 is 5.02. The Labute approximate surface area is 71.8 Å². The summed E-state index contributed by atoms with van der Waals surface area (Å²) in [6.07, 6.45) is 0.969. The summed E-state index contributed by atoms with van der Waals surface area (Å²) >= 11 is 0. The van der Waals surface area contributed by atoms with Crippen molar-refractivity contribution in [3.05, 3.63) is 24.2 Å². The van der Waals surface area contributed by atoms with Gasteiger partial charge in [-0.3, -0.25) is 10.4 Å². The maximum atomic E-state index is 9.48. The minimum atomic E-state index is -0.581. The second-order valence-corrected chi connectivity index (χ2v) is 2.79. The van der Waals surface area contributed by atoms with Gasteiger partial charge in [0.25, 0.3) is 0 Å². The predicted molar refractivity (Wildman–Crippen MR) is 45.4 cm³/mol. The number of nitrogens with zero attached hydrogens (tertiary/aromatic N) is 1. The van der Waals surface area contributed by atoms with Crippen LogP contribution in [0.3, 0.4) is 0 Å². The lowest BCUT2D eigenvalue weighted by atomic mass is 10.3. The number of aliphatic hydroxyl groups is 1. The smallest absolute Gasteiger partial charge is 0.133 e. The van der Waals surface area contributed by atoms with Crippen molar-refractivity contribution < 1.29 is 9.52 Å². The molecule has 4 nitrogen and oxygen atoms in total. The topological polar surface area (TPSA) is 48.6 Å². The Morgan fingerprint density at radius 3 is 2.92 bits per heavy atom. The molecule has 1 heterocycles. The molecule has 0 radical (unpaired) electrons. The molecule has 1 aromatic heterocycles. The summed E-state index contributed by atoms with van der Waals surface area (Å²) in [6.45, 7) is 0.459. The van der Waals surface area contributed by atoms with Crippen LogP contribution < -0.4 is 5.43 Å². The maximum Gasteiger partial charge on any atom is 0.133 e. The van der Waals surface area contributed by atoms with Crippen LogP contribution in [-0.2, 0) is 0 Å². The number of hydrogen-bond acceptors (Lipinski definition) is 4. The van der Waals surface area contributed by atoms with Gasteiger partial charge in [0.1, 0.15) is 11.9 Å². The quantitative estimate of drug-likeness (QED) is 0.641. The predicted octanol–water partition coefficient (Wildman–Crippen LogP) is 0.379. The molecule has 0 fully saturated rings. The highest BCUT2D eigenvalue weighted by Crippen LogP contribution is 2.11. The van der Waals surface area contributed by atoms with Crippen LogP contribution in [0, 0.1) is 0 Å². The first kappa shape index (κ1) is 9.25. The van der Waals surface area contributed by atoms with Crippen LogP contribution in [0.5, 0.6) is 0 Å². The Morgan fingerprint density at radius 1 is 1.67 bits per heavy atom. The molecule has 0 amide bonds. The summed E-state index contributed by atoms with van der Waals surface area (Å²) in [5, 5.41) is 11.3. The van der Waals surface area contributed by atoms with Crippen molar-refractivity contribution >= 4 is 0 Å². The van der Waals surface area contributed by atoms with Gasteiger partial charge in [-0.25, -0.2) is 0 Å². The lowest BCUT2D eigenvalue weighted by Crippen LogP contribution is -2.33. The summed E-state index contributed by atoms with van der Waals surface area (Å²) in [5.74, 6) is 0.587. The number of aliphatic hydroxyl groups excluding tert-OH is 1. The first-order valence-corrected chi connectivity index (χ1v) is 3.82. The van der Waals surface area contributed by atoms with Gasteiger partial charge in [-0.1, -0.05) is 0 Å². The molecular formula is C8H14N2O2. The normalized spacial score (nSPS) is 13.7. The molecule has 0 spiro atoms. The Hall–Kier alpha value is -0.840. The van der Waals surface area contributed by atoms with Crippen LogP contribution in [-0.4, -0.2) is 30.8 Å². The minimum absolute atomic E-state index is 0.459. The van der Waals surface area contributed by atoms with Crippen molar-refractivity contribution in [2.24, 2.45) is 0 Å². The Morgan fingerprint density at radius 2 is 2.42 bits per heavy atom. The van der Waals surface area contributed by atoms with Gasteiger partial charge >= 0.3 is 0 Å². The number of furan rings is 1. The van der Waals surface area contributed by atoms with E-state index in [0.717, 1.165) is 0 Å². The van der Waals surface area contributed by atoms with E-state index in [1.54, 1.807) is 23.4 Å². The molecule has 1 unspecified atom stereocenters. The molecule has 12 heavy (non-hydrogen) atoms. The molecule has 1 atom stereocenters. The molecular weight excluding hydrogens is 156 g/mol. The summed E-state index contributed by atoms with van der Waals surface area (Å²) in [7, 11) is 3.74. The molecule has 1 aromatic rings. The third kappa shape index (κ3) is 2.65. The third-order valence-corrected chi connectivity index (χ3v) is 1.47. The number of hydrogen-bond donors (Lipinski definition) is 2. The zero-order valence-corrected chi connectivity index (χ0v) is 7.32. The van der Waals surface area contributed by atoms with E-state index in [1.165, 1.54) is 0 Å². The second kappa shape index (κ2) is 4.25. The highest BCUT2D eigenvalue weighted by molar-refractivity contribution is 5.01. The van der Waals surface area contributed by atoms with Crippen molar-refractivity contribution in [2.75, 3.05) is 20.6 Å². The molecule has 0 saturated carbocycles. The number of rotatable bonds is 4. The fraction of sp³-hybridized carbons (Fsp3) is 0.500. The van der Waals surface area contributed by atoms with E-state index in [4.69, 9.17) is 4.42 Å². The molecule has 0 aromatic carbocycles. The highest BCUT2D eigenvalue weighted by Gasteiger charge is 2.09. The Bertz CT molecular complexity index is 209. The van der Waals surface area contributed by atoms with E-state index < -0.39 is 6.10 Å². The van der Waals surface area contributed by atoms with Crippen molar-refractivity contribution in [2.45, 2.75) is 6.10 Å². The largest absolute Gasteiger partial charge is 0.467 e. The molecule has 0 aliphatic carbocycles. The van der Waals surface area contributed by atoms with Gasteiger partial charge in [0.05, 0.1) is 6.26 Å². The van der Waals surface area contributed by atoms with E-state index >= 15 is 0 Å². The van der Waals surface area contributed by atoms with Crippen molar-refractivity contribution in [1.82, 2.24) is 10.4 Å². The summed E-state index contributed by atoms with van der Waals surface area (Å²) in [6, 6.07) is 3.51. The van der Waals surface area contributed by atoms with E-state index in [1.807, 2.05) is 14.1 Å². The zero-order valence-electron chi connectivity index (χ0n) is 7.32. The van der Waals surface area contributed by atoms with Crippen molar-refractivity contribution in [3.8, 4) is 0 Å². The van der Waals surface area contributed by atoms with Gasteiger partial charge in [-0.15, -0.1) is 0 Å². The van der Waals surface area contributed by atoms with E-state index in [-0.39, 0.29) is 0 Å². The van der Waals surface area contributed by atoms with Crippen molar-refractivity contribution in [3.63, 3.8) is 0 Å². The van der Waals surface area contributed by atoms with Crippen LogP contribution in [0.15, 0.2) is 22.8 Å². The maximum absolute atomic E-state index is 9.48. The molecule has 0 bridgehead atoms. The van der Waals surface area contributed by atoms with Gasteiger partial charge in [0.15, 0.2) is 0 Å². The van der Waals surface area contributed by atoms with E-state index in [9.17, 15) is 5.11 Å². The Kier molecular flexibility index (Phi) is 3.28. The average molecular weight is 170 g/mol. The zero-order chi connectivity index (χ0) is 8.97. The standard InChI is InChI=1S/C8H14N2O2/c1-10(2)9-6-7(11)8-4-3-5-12-8/h3-5,7,9,11H,6H2,1-2H3. The number of nitrogens with one attached hydrogen (secondary N) is 1. The van der Waals surface area contributed by atoms with Crippen molar-refractivity contribution in [1.29, 1.82) is 0 Å². The lowest BCUT2D eigenvalue weighted by molar-refractivity contribution is 0.120. The molecule has 68 valence electrons. The third-order valence-electron chi connectivity index (χ3n) is 1.47. The molecule has 4 heteroatoms. The van der Waals surface area contributed by atoms with Gasteiger partial charge < -0.3 is 9.52 Å². The first-order chi connectivity index (χ1) is 5.70. The first-order valence-electron chi connectivity index (χ1n) is 3.82. The molecule has 0 saturated heterocycles. The molecule has 2 N–H and O–H groups in total. The summed E-state index contributed by atoms with van der Waals surface area (Å²) in [5.41, 5.74) is 2.96. The SMILES string of the molecule is CN(C)NCC(O)c1ccco1. The Balaban J connectivity index is 2.34. The average Bonchev–Trinajstić information content (AvgIpc) is 2.51. The molecule has 1 rings (SSSR count). The van der Waals surface area contributed by atoms with Crippen LogP contribution in [0.25, 0.3) is 0 Å². The van der Waals surface area contributed by atoms with E-state index in [2.05, 4.69) is 5.43 Å². The van der Waals surface area contributed by atoms with Crippen LogP contribution >= 0.6 is 0 Å². The minimum Gasteiger partial charge on any atom is -0.467 e. The summed E-state index contributed by atoms with van der Waals surface area (Å²) in [4.78, 5) is 0. The monoisotopic (exact) mass is 170 g/mol. The lowest BCUT2D eigenvalue weighted by Gasteiger charge is -2.14. The van der Waals surface area contributed by atoms with Gasteiger partial charge in [0.2, 0.25) is 0 Å². The van der Waals surface area contributed by atoms with Crippen LogP contribution in [0.1, 0.15) is 11.9 Å². The fourth-order valence-electron chi connectivity index (χ4n) is 0.851. The van der Waals surface area contributed by atoms with Crippen LogP contribution in [0.4, 0.5) is 0 Å². The van der Waals surface area contributed by atoms with Gasteiger partial charge in [0, 0.05) is 20.6 Å². The second-order valence-electron chi connectivity index (χ2n) is 2.79. The molecule has 0 aliphatic heterocycles. The van der Waals surface area contributed by atoms with Gasteiger partial charge in [-0.05, 0) is 12.1 Å². The van der Waals surface area contributed by atoms with E-state index in [0.29, 0.717) is 12.3 Å². The molecule has 0 aliphatic rings. The highest BCUT2D eigenvalue weighted by atomic mass is 16.4. The van der Waals surface area contributed by atoms with Gasteiger partial charge in [-0.2, -0.15) is 0 Å².